The van der Waals surface area contributed by atoms with Gasteiger partial charge in [0.05, 0.1) is 0 Å². The summed E-state index contributed by atoms with van der Waals surface area (Å²) in [4.78, 5) is 0. The Kier molecular flexibility index (Phi) is 5.97. The summed E-state index contributed by atoms with van der Waals surface area (Å²) >= 11 is 9.37. The molecule has 0 bridgehead atoms. The lowest BCUT2D eigenvalue weighted by molar-refractivity contribution is 0.774. The first kappa shape index (κ1) is 13.2. The van der Waals surface area contributed by atoms with Crippen molar-refractivity contribution in [3.63, 3.8) is 0 Å². The molecule has 0 spiro atoms. The van der Waals surface area contributed by atoms with Gasteiger partial charge in [-0.15, -0.1) is 12.4 Å². The summed E-state index contributed by atoms with van der Waals surface area (Å²) in [5.41, 5.74) is 6.65. The van der Waals surface area contributed by atoms with E-state index >= 15 is 0 Å². The minimum atomic E-state index is 0. The highest BCUT2D eigenvalue weighted by Crippen LogP contribution is 2.26. The Balaban J connectivity index is 0.00000144. The molecule has 1 unspecified atom stereocenters. The molecule has 1 rings (SSSR count). The van der Waals surface area contributed by atoms with E-state index in [-0.39, 0.29) is 12.4 Å². The van der Waals surface area contributed by atoms with Gasteiger partial charge >= 0.3 is 0 Å². The topological polar surface area (TPSA) is 26.0 Å². The maximum Gasteiger partial charge on any atom is 0.0452 e. The lowest BCUT2D eigenvalue weighted by atomic mass is 10.0. The van der Waals surface area contributed by atoms with Gasteiger partial charge in [-0.05, 0) is 30.2 Å². The highest BCUT2D eigenvalue weighted by molar-refractivity contribution is 9.10. The number of halogens is 3. The third-order valence-electron chi connectivity index (χ3n) is 1.85. The van der Waals surface area contributed by atoms with Gasteiger partial charge in [0.2, 0.25) is 0 Å². The summed E-state index contributed by atoms with van der Waals surface area (Å²) in [5, 5.41) is 0.780. The third-order valence-corrected chi connectivity index (χ3v) is 2.67. The Bertz CT molecular complexity index is 278. The molecule has 0 aliphatic carbocycles. The molecule has 13 heavy (non-hydrogen) atoms. The van der Waals surface area contributed by atoms with Crippen molar-refractivity contribution in [3.8, 4) is 0 Å². The van der Waals surface area contributed by atoms with Crippen LogP contribution in [-0.4, -0.2) is 6.54 Å². The van der Waals surface area contributed by atoms with E-state index < -0.39 is 0 Å². The minimum absolute atomic E-state index is 0. The number of hydrogen-bond donors (Lipinski definition) is 1. The normalized spacial score (nSPS) is 12.0. The van der Waals surface area contributed by atoms with Crippen molar-refractivity contribution in [1.29, 1.82) is 0 Å². The smallest absolute Gasteiger partial charge is 0.0452 e. The molecule has 4 heteroatoms. The Morgan fingerprint density at radius 2 is 2.15 bits per heavy atom. The zero-order chi connectivity index (χ0) is 9.14. The van der Waals surface area contributed by atoms with Crippen LogP contribution >= 0.6 is 39.9 Å². The summed E-state index contributed by atoms with van der Waals surface area (Å²) in [6, 6.07) is 5.88. The second-order valence-corrected chi connectivity index (χ2v) is 4.13. The lowest BCUT2D eigenvalue weighted by Gasteiger charge is -2.10. The summed E-state index contributed by atoms with van der Waals surface area (Å²) in [5.74, 6) is 0.325. The fourth-order valence-electron chi connectivity index (χ4n) is 1.03. The molecule has 1 aromatic carbocycles. The Morgan fingerprint density at radius 1 is 1.54 bits per heavy atom. The van der Waals surface area contributed by atoms with Crippen LogP contribution in [0.5, 0.6) is 0 Å². The molecule has 0 aliphatic rings. The Morgan fingerprint density at radius 3 is 2.62 bits per heavy atom. The quantitative estimate of drug-likeness (QED) is 0.883. The first-order valence-corrected chi connectivity index (χ1v) is 4.97. The van der Waals surface area contributed by atoms with Crippen LogP contribution in [0.4, 0.5) is 0 Å². The van der Waals surface area contributed by atoms with Gasteiger partial charge in [-0.3, -0.25) is 0 Å². The molecule has 0 saturated heterocycles. The van der Waals surface area contributed by atoms with Crippen LogP contribution < -0.4 is 5.73 Å². The minimum Gasteiger partial charge on any atom is -0.330 e. The standard InChI is InChI=1S/C9H11BrClN.ClH/c1-6(5-12)8-3-2-7(10)4-9(8)11;/h2-4,6H,5,12H2,1H3;1H. The van der Waals surface area contributed by atoms with Crippen molar-refractivity contribution in [1.82, 2.24) is 0 Å². The van der Waals surface area contributed by atoms with Gasteiger partial charge in [-0.2, -0.15) is 0 Å². The van der Waals surface area contributed by atoms with Crippen LogP contribution in [0.15, 0.2) is 22.7 Å². The molecule has 2 N–H and O–H groups in total. The van der Waals surface area contributed by atoms with Crippen LogP contribution in [0.1, 0.15) is 18.4 Å². The highest BCUT2D eigenvalue weighted by atomic mass is 79.9. The average molecular weight is 285 g/mol. The third kappa shape index (κ3) is 3.47. The van der Waals surface area contributed by atoms with Crippen molar-refractivity contribution >= 4 is 39.9 Å². The predicted octanol–water partition coefficient (Wildman–Crippen LogP) is 3.59. The molecular formula is C9H12BrCl2N. The molecule has 1 atom stereocenters. The van der Waals surface area contributed by atoms with Gasteiger partial charge in [0.15, 0.2) is 0 Å². The fourth-order valence-corrected chi connectivity index (χ4v) is 1.89. The largest absolute Gasteiger partial charge is 0.330 e. The van der Waals surface area contributed by atoms with Crippen molar-refractivity contribution in [3.05, 3.63) is 33.3 Å². The van der Waals surface area contributed by atoms with Crippen molar-refractivity contribution in [2.45, 2.75) is 12.8 Å². The molecular weight excluding hydrogens is 273 g/mol. The van der Waals surface area contributed by atoms with E-state index in [0.717, 1.165) is 15.1 Å². The summed E-state index contributed by atoms with van der Waals surface area (Å²) in [6.45, 7) is 2.69. The molecule has 0 radical (unpaired) electrons. The van der Waals surface area contributed by atoms with Gasteiger partial charge in [0.1, 0.15) is 0 Å². The van der Waals surface area contributed by atoms with Gasteiger partial charge < -0.3 is 5.73 Å². The molecule has 1 nitrogen and oxygen atoms in total. The van der Waals surface area contributed by atoms with E-state index in [0.29, 0.717) is 12.5 Å². The van der Waals surface area contributed by atoms with Crippen molar-refractivity contribution in [2.24, 2.45) is 5.73 Å². The van der Waals surface area contributed by atoms with Crippen molar-refractivity contribution in [2.75, 3.05) is 6.54 Å². The fraction of sp³-hybridized carbons (Fsp3) is 0.333. The van der Waals surface area contributed by atoms with E-state index in [9.17, 15) is 0 Å². The first-order chi connectivity index (χ1) is 5.65. The van der Waals surface area contributed by atoms with Gasteiger partial charge in [-0.25, -0.2) is 0 Å². The summed E-state index contributed by atoms with van der Waals surface area (Å²) < 4.78 is 1.00. The Hall–Kier alpha value is 0.240. The predicted molar refractivity (Wildman–Crippen MR) is 63.9 cm³/mol. The van der Waals surface area contributed by atoms with Gasteiger partial charge in [-0.1, -0.05) is 40.5 Å². The highest BCUT2D eigenvalue weighted by Gasteiger charge is 2.07. The van der Waals surface area contributed by atoms with Crippen LogP contribution in [0.25, 0.3) is 0 Å². The maximum absolute atomic E-state index is 6.02. The van der Waals surface area contributed by atoms with Crippen LogP contribution in [-0.2, 0) is 0 Å². The molecule has 0 amide bonds. The molecule has 74 valence electrons. The number of benzene rings is 1. The average Bonchev–Trinajstić information content (AvgIpc) is 2.03. The van der Waals surface area contributed by atoms with Crippen LogP contribution in [0.3, 0.4) is 0 Å². The molecule has 1 aromatic rings. The zero-order valence-corrected chi connectivity index (χ0v) is 10.4. The second kappa shape index (κ2) is 5.86. The van der Waals surface area contributed by atoms with Gasteiger partial charge in [0.25, 0.3) is 0 Å². The first-order valence-electron chi connectivity index (χ1n) is 3.80. The summed E-state index contributed by atoms with van der Waals surface area (Å²) in [6.07, 6.45) is 0. The van der Waals surface area contributed by atoms with E-state index in [1.165, 1.54) is 0 Å². The number of nitrogens with two attached hydrogens (primary N) is 1. The van der Waals surface area contributed by atoms with Crippen LogP contribution in [0, 0.1) is 0 Å². The monoisotopic (exact) mass is 283 g/mol. The maximum atomic E-state index is 6.02. The van der Waals surface area contributed by atoms with Crippen LogP contribution in [0.2, 0.25) is 5.02 Å². The van der Waals surface area contributed by atoms with E-state index in [1.807, 2.05) is 18.2 Å². The summed E-state index contributed by atoms with van der Waals surface area (Å²) in [7, 11) is 0. The molecule has 0 fully saturated rings. The van der Waals surface area contributed by atoms with Gasteiger partial charge in [0, 0.05) is 9.50 Å². The molecule has 0 aromatic heterocycles. The molecule has 0 saturated carbocycles. The van der Waals surface area contributed by atoms with E-state index in [4.69, 9.17) is 17.3 Å². The second-order valence-electron chi connectivity index (χ2n) is 2.80. The zero-order valence-electron chi connectivity index (χ0n) is 7.26. The number of rotatable bonds is 2. The number of hydrogen-bond acceptors (Lipinski definition) is 1. The molecule has 0 heterocycles. The van der Waals surface area contributed by atoms with Crippen molar-refractivity contribution < 1.29 is 0 Å². The Labute approximate surface area is 98.2 Å². The molecule has 0 aliphatic heterocycles. The lowest BCUT2D eigenvalue weighted by Crippen LogP contribution is -2.09. The van der Waals surface area contributed by atoms with E-state index in [1.54, 1.807) is 0 Å². The van der Waals surface area contributed by atoms with E-state index in [2.05, 4.69) is 22.9 Å². The SMILES string of the molecule is CC(CN)c1ccc(Br)cc1Cl.Cl.